The van der Waals surface area contributed by atoms with Gasteiger partial charge in [0.15, 0.2) is 0 Å². The van der Waals surface area contributed by atoms with Gasteiger partial charge in [-0.3, -0.25) is 14.9 Å². The first-order chi connectivity index (χ1) is 11.7. The number of nitro benzene ring substituents is 1. The fourth-order valence-corrected chi connectivity index (χ4v) is 3.32. The predicted octanol–water partition coefficient (Wildman–Crippen LogP) is 1.82. The zero-order valence-electron chi connectivity index (χ0n) is 12.8. The SMILES string of the molecule is NS(=O)(=O)c1ccc(CCNC(=O)c2ccc([N+](=O)[O-])cc2I)cc1. The van der Waals surface area contributed by atoms with Crippen LogP contribution in [-0.4, -0.2) is 25.8 Å². The largest absolute Gasteiger partial charge is 0.352 e. The summed E-state index contributed by atoms with van der Waals surface area (Å²) in [5, 5.41) is 18.5. The van der Waals surface area contributed by atoms with E-state index in [2.05, 4.69) is 5.32 Å². The summed E-state index contributed by atoms with van der Waals surface area (Å²) in [4.78, 5) is 22.4. The Morgan fingerprint density at radius 3 is 2.36 bits per heavy atom. The topological polar surface area (TPSA) is 132 Å². The Balaban J connectivity index is 1.95. The summed E-state index contributed by atoms with van der Waals surface area (Å²) >= 11 is 1.87. The molecule has 0 fully saturated rings. The fourth-order valence-electron chi connectivity index (χ4n) is 2.06. The first-order valence-corrected chi connectivity index (χ1v) is 9.65. The minimum Gasteiger partial charge on any atom is -0.352 e. The van der Waals surface area contributed by atoms with E-state index < -0.39 is 14.9 Å². The second kappa shape index (κ2) is 7.89. The number of amides is 1. The highest BCUT2D eigenvalue weighted by Crippen LogP contribution is 2.19. The number of sulfonamides is 1. The van der Waals surface area contributed by atoms with Gasteiger partial charge in [0.05, 0.1) is 15.4 Å². The van der Waals surface area contributed by atoms with Crippen LogP contribution >= 0.6 is 22.6 Å². The number of non-ortho nitro benzene ring substituents is 1. The van der Waals surface area contributed by atoms with Crippen LogP contribution in [0, 0.1) is 13.7 Å². The van der Waals surface area contributed by atoms with Gasteiger partial charge in [-0.2, -0.15) is 0 Å². The van der Waals surface area contributed by atoms with Crippen LogP contribution in [-0.2, 0) is 16.4 Å². The molecule has 0 unspecified atom stereocenters. The van der Waals surface area contributed by atoms with E-state index in [0.717, 1.165) is 5.56 Å². The van der Waals surface area contributed by atoms with Gasteiger partial charge < -0.3 is 5.32 Å². The van der Waals surface area contributed by atoms with Gasteiger partial charge in [0.25, 0.3) is 11.6 Å². The molecule has 0 aliphatic rings. The van der Waals surface area contributed by atoms with Gasteiger partial charge >= 0.3 is 0 Å². The van der Waals surface area contributed by atoms with Crippen molar-refractivity contribution in [3.8, 4) is 0 Å². The van der Waals surface area contributed by atoms with E-state index in [4.69, 9.17) is 5.14 Å². The Bertz CT molecular complexity index is 913. The summed E-state index contributed by atoms with van der Waals surface area (Å²) in [5.74, 6) is -0.333. The van der Waals surface area contributed by atoms with E-state index in [1.165, 1.54) is 30.3 Å². The standard InChI is InChI=1S/C15H14IN3O5S/c16-14-9-11(19(21)22)3-6-13(14)15(20)18-8-7-10-1-4-12(5-2-10)25(17,23)24/h1-6,9H,7-8H2,(H,18,20)(H2,17,23,24). The molecule has 0 aromatic heterocycles. The maximum atomic E-state index is 12.1. The number of nitrogens with zero attached hydrogens (tertiary/aromatic N) is 1. The fraction of sp³-hybridized carbons (Fsp3) is 0.133. The zero-order chi connectivity index (χ0) is 18.6. The normalized spacial score (nSPS) is 11.1. The van der Waals surface area contributed by atoms with Crippen LogP contribution in [0.3, 0.4) is 0 Å². The second-order valence-corrected chi connectivity index (χ2v) is 7.84. The van der Waals surface area contributed by atoms with Gasteiger partial charge in [0.1, 0.15) is 0 Å². The van der Waals surface area contributed by atoms with Gasteiger partial charge in [-0.1, -0.05) is 12.1 Å². The number of primary sulfonamides is 1. The van der Waals surface area contributed by atoms with Gasteiger partial charge in [-0.15, -0.1) is 0 Å². The lowest BCUT2D eigenvalue weighted by Crippen LogP contribution is -2.26. The van der Waals surface area contributed by atoms with E-state index in [-0.39, 0.29) is 16.5 Å². The first kappa shape index (κ1) is 19.3. The Hall–Kier alpha value is -2.05. The number of rotatable bonds is 6. The molecular weight excluding hydrogens is 461 g/mol. The molecular formula is C15H14IN3O5S. The van der Waals surface area contributed by atoms with Crippen LogP contribution in [0.1, 0.15) is 15.9 Å². The number of benzene rings is 2. The van der Waals surface area contributed by atoms with Gasteiger partial charge in [0, 0.05) is 22.2 Å². The lowest BCUT2D eigenvalue weighted by molar-refractivity contribution is -0.384. The Labute approximate surface area is 157 Å². The molecule has 0 atom stereocenters. The first-order valence-electron chi connectivity index (χ1n) is 7.02. The smallest absolute Gasteiger partial charge is 0.270 e. The number of nitrogens with two attached hydrogens (primary N) is 1. The van der Waals surface area contributed by atoms with E-state index in [9.17, 15) is 23.3 Å². The van der Waals surface area contributed by atoms with Crippen molar-refractivity contribution in [2.24, 2.45) is 5.14 Å². The third kappa shape index (κ3) is 5.21. The molecule has 0 heterocycles. The summed E-state index contributed by atoms with van der Waals surface area (Å²) in [6, 6.07) is 10.1. The van der Waals surface area contributed by atoms with E-state index >= 15 is 0 Å². The third-order valence-electron chi connectivity index (χ3n) is 3.36. The van der Waals surface area contributed by atoms with Crippen LogP contribution in [0.5, 0.6) is 0 Å². The Morgan fingerprint density at radius 1 is 1.20 bits per heavy atom. The third-order valence-corrected chi connectivity index (χ3v) is 5.18. The summed E-state index contributed by atoms with van der Waals surface area (Å²) in [6.07, 6.45) is 0.500. The number of carbonyl (C=O) groups excluding carboxylic acids is 1. The summed E-state index contributed by atoms with van der Waals surface area (Å²) in [5.41, 5.74) is 1.12. The minimum absolute atomic E-state index is 0.0284. The summed E-state index contributed by atoms with van der Waals surface area (Å²) in [6.45, 7) is 0.334. The van der Waals surface area contributed by atoms with Crippen molar-refractivity contribution in [1.82, 2.24) is 5.32 Å². The molecule has 25 heavy (non-hydrogen) atoms. The van der Waals surface area contributed by atoms with Crippen molar-refractivity contribution < 1.29 is 18.1 Å². The minimum atomic E-state index is -3.72. The van der Waals surface area contributed by atoms with Crippen molar-refractivity contribution >= 4 is 44.2 Å². The van der Waals surface area contributed by atoms with Crippen molar-refractivity contribution in [3.63, 3.8) is 0 Å². The number of hydrogen-bond donors (Lipinski definition) is 2. The molecule has 0 aliphatic carbocycles. The van der Waals surface area contributed by atoms with E-state index in [1.807, 2.05) is 22.6 Å². The lowest BCUT2D eigenvalue weighted by atomic mass is 10.1. The molecule has 2 aromatic carbocycles. The monoisotopic (exact) mass is 475 g/mol. The molecule has 0 saturated heterocycles. The predicted molar refractivity (Wildman–Crippen MR) is 99.7 cm³/mol. The maximum absolute atomic E-state index is 12.1. The van der Waals surface area contributed by atoms with Crippen LogP contribution < -0.4 is 10.5 Å². The molecule has 0 radical (unpaired) electrons. The van der Waals surface area contributed by atoms with E-state index in [1.54, 1.807) is 12.1 Å². The Kier molecular flexibility index (Phi) is 6.08. The molecule has 3 N–H and O–H groups in total. The average molecular weight is 475 g/mol. The molecule has 0 bridgehead atoms. The molecule has 132 valence electrons. The van der Waals surface area contributed by atoms with Crippen LogP contribution in [0.25, 0.3) is 0 Å². The van der Waals surface area contributed by atoms with Crippen LogP contribution in [0.2, 0.25) is 0 Å². The second-order valence-electron chi connectivity index (χ2n) is 5.12. The van der Waals surface area contributed by atoms with Crippen molar-refractivity contribution in [3.05, 3.63) is 67.3 Å². The van der Waals surface area contributed by atoms with Crippen LogP contribution in [0.15, 0.2) is 47.4 Å². The molecule has 1 amide bonds. The number of nitro groups is 1. The molecule has 2 aromatic rings. The quantitative estimate of drug-likeness (QED) is 0.374. The summed E-state index contributed by atoms with van der Waals surface area (Å²) in [7, 11) is -3.72. The molecule has 10 heteroatoms. The highest BCUT2D eigenvalue weighted by atomic mass is 127. The molecule has 2 rings (SSSR count). The number of halogens is 1. The molecule has 0 saturated carbocycles. The van der Waals surface area contributed by atoms with Gasteiger partial charge in [0.2, 0.25) is 10.0 Å². The average Bonchev–Trinajstić information content (AvgIpc) is 2.54. The molecule has 8 nitrogen and oxygen atoms in total. The van der Waals surface area contributed by atoms with Crippen molar-refractivity contribution in [2.75, 3.05) is 6.54 Å². The molecule has 0 spiro atoms. The zero-order valence-corrected chi connectivity index (χ0v) is 15.8. The van der Waals surface area contributed by atoms with E-state index in [0.29, 0.717) is 22.1 Å². The number of hydrogen-bond acceptors (Lipinski definition) is 5. The van der Waals surface area contributed by atoms with Crippen molar-refractivity contribution in [1.29, 1.82) is 0 Å². The lowest BCUT2D eigenvalue weighted by Gasteiger charge is -2.07. The highest BCUT2D eigenvalue weighted by Gasteiger charge is 2.14. The number of carbonyl (C=O) groups is 1. The number of nitrogens with one attached hydrogen (secondary N) is 1. The van der Waals surface area contributed by atoms with Gasteiger partial charge in [-0.25, -0.2) is 13.6 Å². The highest BCUT2D eigenvalue weighted by molar-refractivity contribution is 14.1. The molecule has 0 aliphatic heterocycles. The maximum Gasteiger partial charge on any atom is 0.270 e. The van der Waals surface area contributed by atoms with Crippen molar-refractivity contribution in [2.45, 2.75) is 11.3 Å². The van der Waals surface area contributed by atoms with Crippen LogP contribution in [0.4, 0.5) is 5.69 Å². The summed E-state index contributed by atoms with van der Waals surface area (Å²) < 4.78 is 22.8. The van der Waals surface area contributed by atoms with Gasteiger partial charge in [-0.05, 0) is 52.8 Å². The Morgan fingerprint density at radius 2 is 1.84 bits per heavy atom.